The Kier molecular flexibility index (Phi) is 5.34. The predicted octanol–water partition coefficient (Wildman–Crippen LogP) is 3.88. The maximum Gasteiger partial charge on any atom is 0.119 e. The number of hydrogen-bond acceptors (Lipinski definition) is 3. The number of aromatic nitrogens is 1. The molecule has 0 saturated heterocycles. The van der Waals surface area contributed by atoms with Crippen LogP contribution in [0.4, 0.5) is 0 Å². The molecule has 0 saturated carbocycles. The van der Waals surface area contributed by atoms with E-state index in [0.717, 1.165) is 12.3 Å². The fourth-order valence-corrected chi connectivity index (χ4v) is 2.43. The minimum absolute atomic E-state index is 0.186. The topological polar surface area (TPSA) is 34.1 Å². The van der Waals surface area contributed by atoms with Gasteiger partial charge in [-0.05, 0) is 62.2 Å². The van der Waals surface area contributed by atoms with Gasteiger partial charge < -0.3 is 10.1 Å². The number of benzene rings is 1. The molecule has 0 radical (unpaired) electrons. The first-order chi connectivity index (χ1) is 10.1. The van der Waals surface area contributed by atoms with Gasteiger partial charge in [-0.1, -0.05) is 19.1 Å². The van der Waals surface area contributed by atoms with E-state index in [2.05, 4.69) is 42.3 Å². The number of hydrogen-bond donors (Lipinski definition) is 1. The number of ether oxygens (including phenoxy) is 1. The minimum Gasteiger partial charge on any atom is -0.491 e. The average molecular weight is 284 g/mol. The number of rotatable bonds is 6. The maximum absolute atomic E-state index is 5.71. The molecule has 2 rings (SSSR count). The molecule has 0 aliphatic carbocycles. The predicted molar refractivity (Wildman–Crippen MR) is 86.7 cm³/mol. The molecule has 0 fully saturated rings. The second-order valence-electron chi connectivity index (χ2n) is 5.46. The summed E-state index contributed by atoms with van der Waals surface area (Å²) in [5, 5.41) is 3.55. The Bertz CT molecular complexity index is 564. The molecule has 0 amide bonds. The summed E-state index contributed by atoms with van der Waals surface area (Å²) < 4.78 is 5.71. The first-order valence-electron chi connectivity index (χ1n) is 7.52. The molecule has 0 spiro atoms. The van der Waals surface area contributed by atoms with E-state index in [4.69, 9.17) is 4.74 Å². The lowest BCUT2D eigenvalue weighted by molar-refractivity contribution is 0.242. The summed E-state index contributed by atoms with van der Waals surface area (Å²) in [7, 11) is 0. The van der Waals surface area contributed by atoms with Crippen molar-refractivity contribution in [2.75, 3.05) is 6.54 Å². The fourth-order valence-electron chi connectivity index (χ4n) is 2.43. The molecule has 21 heavy (non-hydrogen) atoms. The van der Waals surface area contributed by atoms with Crippen LogP contribution in [0.25, 0.3) is 0 Å². The number of aryl methyl sites for hydroxylation is 1. The lowest BCUT2D eigenvalue weighted by Crippen LogP contribution is -2.22. The van der Waals surface area contributed by atoms with Crippen molar-refractivity contribution >= 4 is 0 Å². The van der Waals surface area contributed by atoms with Gasteiger partial charge in [-0.25, -0.2) is 0 Å². The van der Waals surface area contributed by atoms with E-state index in [1.165, 1.54) is 16.7 Å². The van der Waals surface area contributed by atoms with E-state index in [0.29, 0.717) is 0 Å². The van der Waals surface area contributed by atoms with Crippen molar-refractivity contribution in [3.05, 3.63) is 59.4 Å². The lowest BCUT2D eigenvalue weighted by atomic mass is 9.96. The monoisotopic (exact) mass is 284 g/mol. The van der Waals surface area contributed by atoms with Crippen LogP contribution in [0.15, 0.2) is 42.7 Å². The Balaban J connectivity index is 2.28. The Hall–Kier alpha value is -1.87. The molecule has 112 valence electrons. The van der Waals surface area contributed by atoms with Gasteiger partial charge in [0.2, 0.25) is 0 Å². The zero-order valence-corrected chi connectivity index (χ0v) is 13.3. The molecule has 3 heteroatoms. The van der Waals surface area contributed by atoms with Crippen molar-refractivity contribution in [2.24, 2.45) is 0 Å². The van der Waals surface area contributed by atoms with Crippen LogP contribution in [0.2, 0.25) is 0 Å². The Labute approximate surface area is 127 Å². The van der Waals surface area contributed by atoms with Gasteiger partial charge in [-0.3, -0.25) is 4.98 Å². The number of nitrogens with zero attached hydrogens (tertiary/aromatic N) is 1. The van der Waals surface area contributed by atoms with Gasteiger partial charge in [-0.15, -0.1) is 0 Å². The highest BCUT2D eigenvalue weighted by Crippen LogP contribution is 2.26. The van der Waals surface area contributed by atoms with Crippen molar-refractivity contribution in [3.8, 4) is 5.75 Å². The second-order valence-corrected chi connectivity index (χ2v) is 5.46. The second kappa shape index (κ2) is 7.23. The molecule has 0 aliphatic heterocycles. The van der Waals surface area contributed by atoms with Crippen LogP contribution in [-0.4, -0.2) is 17.6 Å². The molecular weight excluding hydrogens is 260 g/mol. The number of pyridine rings is 1. The summed E-state index contributed by atoms with van der Waals surface area (Å²) in [5.41, 5.74) is 3.71. The van der Waals surface area contributed by atoms with Gasteiger partial charge in [0.05, 0.1) is 12.1 Å². The molecule has 2 aromatic rings. The standard InChI is InChI=1S/C18H24N2O/c1-5-20-18(17-10-11-19-12-14(17)4)15-6-8-16(9-7-15)21-13(2)3/h6-13,18,20H,5H2,1-4H3. The SMILES string of the molecule is CCNC(c1ccc(OC(C)C)cc1)c1ccncc1C. The van der Waals surface area contributed by atoms with Gasteiger partial charge in [-0.2, -0.15) is 0 Å². The smallest absolute Gasteiger partial charge is 0.119 e. The first-order valence-corrected chi connectivity index (χ1v) is 7.52. The number of nitrogens with one attached hydrogen (secondary N) is 1. The zero-order valence-electron chi connectivity index (χ0n) is 13.3. The maximum atomic E-state index is 5.71. The first kappa shape index (κ1) is 15.5. The van der Waals surface area contributed by atoms with E-state index in [1.807, 2.05) is 38.4 Å². The van der Waals surface area contributed by atoms with E-state index >= 15 is 0 Å². The molecule has 1 aromatic carbocycles. The molecule has 1 atom stereocenters. The summed E-state index contributed by atoms with van der Waals surface area (Å²) in [6.07, 6.45) is 3.96. The highest BCUT2D eigenvalue weighted by Gasteiger charge is 2.15. The summed E-state index contributed by atoms with van der Waals surface area (Å²) >= 11 is 0. The van der Waals surface area contributed by atoms with Crippen LogP contribution in [0, 0.1) is 6.92 Å². The lowest BCUT2D eigenvalue weighted by Gasteiger charge is -2.21. The summed E-state index contributed by atoms with van der Waals surface area (Å²) in [5.74, 6) is 0.912. The molecular formula is C18H24N2O. The molecule has 1 N–H and O–H groups in total. The van der Waals surface area contributed by atoms with Gasteiger partial charge in [0, 0.05) is 12.4 Å². The van der Waals surface area contributed by atoms with Crippen LogP contribution < -0.4 is 10.1 Å². The van der Waals surface area contributed by atoms with Crippen molar-refractivity contribution in [1.29, 1.82) is 0 Å². The van der Waals surface area contributed by atoms with Gasteiger partial charge in [0.1, 0.15) is 5.75 Å². The van der Waals surface area contributed by atoms with Crippen LogP contribution in [0.5, 0.6) is 5.75 Å². The molecule has 1 aromatic heterocycles. The third kappa shape index (κ3) is 4.05. The summed E-state index contributed by atoms with van der Waals surface area (Å²) in [4.78, 5) is 4.18. The molecule has 3 nitrogen and oxygen atoms in total. The summed E-state index contributed by atoms with van der Waals surface area (Å²) in [6.45, 7) is 9.21. The Morgan fingerprint density at radius 3 is 2.43 bits per heavy atom. The van der Waals surface area contributed by atoms with Crippen LogP contribution in [-0.2, 0) is 0 Å². The highest BCUT2D eigenvalue weighted by atomic mass is 16.5. The molecule has 0 bridgehead atoms. The van der Waals surface area contributed by atoms with E-state index < -0.39 is 0 Å². The third-order valence-electron chi connectivity index (χ3n) is 3.37. The molecule has 0 aliphatic rings. The van der Waals surface area contributed by atoms with Crippen LogP contribution in [0.3, 0.4) is 0 Å². The quantitative estimate of drug-likeness (QED) is 0.874. The van der Waals surface area contributed by atoms with Crippen molar-refractivity contribution in [2.45, 2.75) is 39.8 Å². The van der Waals surface area contributed by atoms with Crippen molar-refractivity contribution in [3.63, 3.8) is 0 Å². The van der Waals surface area contributed by atoms with Crippen molar-refractivity contribution < 1.29 is 4.74 Å². The Morgan fingerprint density at radius 1 is 1.14 bits per heavy atom. The molecule has 1 unspecified atom stereocenters. The largest absolute Gasteiger partial charge is 0.491 e. The van der Waals surface area contributed by atoms with Gasteiger partial charge in [0.25, 0.3) is 0 Å². The normalized spacial score (nSPS) is 12.4. The van der Waals surface area contributed by atoms with E-state index in [1.54, 1.807) is 0 Å². The van der Waals surface area contributed by atoms with Gasteiger partial charge >= 0.3 is 0 Å². The third-order valence-corrected chi connectivity index (χ3v) is 3.37. The Morgan fingerprint density at radius 2 is 1.86 bits per heavy atom. The zero-order chi connectivity index (χ0) is 15.2. The summed E-state index contributed by atoms with van der Waals surface area (Å²) in [6, 6.07) is 10.6. The molecule has 1 heterocycles. The fraction of sp³-hybridized carbons (Fsp3) is 0.389. The van der Waals surface area contributed by atoms with E-state index in [9.17, 15) is 0 Å². The highest BCUT2D eigenvalue weighted by molar-refractivity contribution is 5.37. The van der Waals surface area contributed by atoms with Crippen molar-refractivity contribution in [1.82, 2.24) is 10.3 Å². The van der Waals surface area contributed by atoms with E-state index in [-0.39, 0.29) is 12.1 Å². The van der Waals surface area contributed by atoms with Crippen LogP contribution in [0.1, 0.15) is 43.5 Å². The van der Waals surface area contributed by atoms with Gasteiger partial charge in [0.15, 0.2) is 0 Å². The minimum atomic E-state index is 0.186. The van der Waals surface area contributed by atoms with Crippen LogP contribution >= 0.6 is 0 Å². The average Bonchev–Trinajstić information content (AvgIpc) is 2.46.